The maximum absolute atomic E-state index is 11.3. The quantitative estimate of drug-likeness (QED) is 0.587. The average Bonchev–Trinajstić information content (AvgIpc) is 2.48. The summed E-state index contributed by atoms with van der Waals surface area (Å²) in [4.78, 5) is 11.3. The van der Waals surface area contributed by atoms with Crippen molar-refractivity contribution in [1.82, 2.24) is 5.32 Å². The predicted molar refractivity (Wildman–Crippen MR) is 77.2 cm³/mol. The van der Waals surface area contributed by atoms with Crippen LogP contribution < -0.4 is 10.1 Å². The minimum atomic E-state index is -1.32. The molecule has 2 rings (SSSR count). The first-order chi connectivity index (χ1) is 10.4. The van der Waals surface area contributed by atoms with Crippen molar-refractivity contribution in [2.24, 2.45) is 0 Å². The molecule has 122 valence electrons. The van der Waals surface area contributed by atoms with E-state index in [1.807, 2.05) is 19.1 Å². The SMILES string of the molecule is CC(=O)N[C@@H]1[C@@H](Oc2ccccc2C)O[C@@H](CO)[C@@H](O)[C@H]1O. The molecule has 0 spiro atoms. The Balaban J connectivity index is 2.23. The summed E-state index contributed by atoms with van der Waals surface area (Å²) in [5, 5.41) is 31.8. The highest BCUT2D eigenvalue weighted by atomic mass is 16.7. The van der Waals surface area contributed by atoms with Gasteiger partial charge in [0, 0.05) is 6.92 Å². The van der Waals surface area contributed by atoms with Gasteiger partial charge in [0.15, 0.2) is 0 Å². The van der Waals surface area contributed by atoms with Gasteiger partial charge in [0.05, 0.1) is 6.61 Å². The van der Waals surface area contributed by atoms with Gasteiger partial charge in [0.2, 0.25) is 12.2 Å². The number of aryl methyl sites for hydroxylation is 1. The third-order valence-electron chi connectivity index (χ3n) is 3.59. The standard InChI is InChI=1S/C15H21NO6/c1-8-5-3-4-6-10(8)21-15-12(16-9(2)18)14(20)13(19)11(7-17)22-15/h3-6,11-15,17,19-20H,7H2,1-2H3,(H,16,18)/t11-,12-,13+,14-,15-/m0/s1. The smallest absolute Gasteiger partial charge is 0.223 e. The monoisotopic (exact) mass is 311 g/mol. The van der Waals surface area contributed by atoms with E-state index in [0.29, 0.717) is 5.75 Å². The van der Waals surface area contributed by atoms with Gasteiger partial charge in [0.1, 0.15) is 30.1 Å². The Morgan fingerprint density at radius 1 is 1.32 bits per heavy atom. The Bertz CT molecular complexity index is 523. The Labute approximate surface area is 128 Å². The molecule has 7 heteroatoms. The number of para-hydroxylation sites is 1. The summed E-state index contributed by atoms with van der Waals surface area (Å²) in [6.45, 7) is 2.67. The van der Waals surface area contributed by atoms with Crippen LogP contribution in [0, 0.1) is 6.92 Å². The maximum Gasteiger partial charge on any atom is 0.223 e. The molecule has 0 aromatic heterocycles. The summed E-state index contributed by atoms with van der Waals surface area (Å²) in [5.41, 5.74) is 0.855. The number of rotatable bonds is 4. The molecule has 1 fully saturated rings. The van der Waals surface area contributed by atoms with Gasteiger partial charge in [-0.15, -0.1) is 0 Å². The number of nitrogens with one attached hydrogen (secondary N) is 1. The molecule has 1 saturated heterocycles. The van der Waals surface area contributed by atoms with Crippen LogP contribution in [0.25, 0.3) is 0 Å². The minimum Gasteiger partial charge on any atom is -0.462 e. The highest BCUT2D eigenvalue weighted by molar-refractivity contribution is 5.73. The fraction of sp³-hybridized carbons (Fsp3) is 0.533. The topological polar surface area (TPSA) is 108 Å². The summed E-state index contributed by atoms with van der Waals surface area (Å²) in [5.74, 6) is 0.142. The largest absolute Gasteiger partial charge is 0.462 e. The van der Waals surface area contributed by atoms with Crippen molar-refractivity contribution in [2.75, 3.05) is 6.61 Å². The van der Waals surface area contributed by atoms with Gasteiger partial charge in [-0.3, -0.25) is 4.79 Å². The molecule has 7 nitrogen and oxygen atoms in total. The highest BCUT2D eigenvalue weighted by Gasteiger charge is 2.46. The summed E-state index contributed by atoms with van der Waals surface area (Å²) >= 11 is 0. The van der Waals surface area contributed by atoms with E-state index in [1.54, 1.807) is 12.1 Å². The summed E-state index contributed by atoms with van der Waals surface area (Å²) in [7, 11) is 0. The van der Waals surface area contributed by atoms with Crippen LogP contribution >= 0.6 is 0 Å². The van der Waals surface area contributed by atoms with Crippen LogP contribution in [0.2, 0.25) is 0 Å². The molecule has 0 unspecified atom stereocenters. The summed E-state index contributed by atoms with van der Waals surface area (Å²) in [6, 6.07) is 6.27. The maximum atomic E-state index is 11.3. The van der Waals surface area contributed by atoms with Crippen LogP contribution in [-0.4, -0.2) is 58.5 Å². The van der Waals surface area contributed by atoms with E-state index in [2.05, 4.69) is 5.32 Å². The molecule has 0 aliphatic carbocycles. The lowest BCUT2D eigenvalue weighted by Crippen LogP contribution is -2.65. The van der Waals surface area contributed by atoms with Crippen LogP contribution in [-0.2, 0) is 9.53 Å². The van der Waals surface area contributed by atoms with Gasteiger partial charge in [-0.1, -0.05) is 18.2 Å². The van der Waals surface area contributed by atoms with Gasteiger partial charge in [0.25, 0.3) is 0 Å². The van der Waals surface area contributed by atoms with E-state index in [9.17, 15) is 20.1 Å². The van der Waals surface area contributed by atoms with Crippen LogP contribution in [0.15, 0.2) is 24.3 Å². The third kappa shape index (κ3) is 3.56. The van der Waals surface area contributed by atoms with Crippen molar-refractivity contribution in [3.63, 3.8) is 0 Å². The zero-order valence-electron chi connectivity index (χ0n) is 12.5. The zero-order valence-corrected chi connectivity index (χ0v) is 12.5. The van der Waals surface area contributed by atoms with E-state index in [-0.39, 0.29) is 5.91 Å². The number of hydrogen-bond acceptors (Lipinski definition) is 6. The fourth-order valence-electron chi connectivity index (χ4n) is 2.38. The molecular formula is C15H21NO6. The van der Waals surface area contributed by atoms with E-state index in [4.69, 9.17) is 9.47 Å². The number of hydrogen-bond donors (Lipinski definition) is 4. The molecule has 1 amide bonds. The van der Waals surface area contributed by atoms with E-state index < -0.39 is 37.3 Å². The van der Waals surface area contributed by atoms with Gasteiger partial charge >= 0.3 is 0 Å². The van der Waals surface area contributed by atoms with E-state index in [1.165, 1.54) is 6.92 Å². The molecule has 22 heavy (non-hydrogen) atoms. The Hall–Kier alpha value is -1.67. The summed E-state index contributed by atoms with van der Waals surface area (Å²) < 4.78 is 11.2. The van der Waals surface area contributed by atoms with Crippen molar-refractivity contribution in [2.45, 2.75) is 44.5 Å². The van der Waals surface area contributed by atoms with Gasteiger partial charge in [-0.05, 0) is 18.6 Å². The lowest BCUT2D eigenvalue weighted by molar-refractivity contribution is -0.244. The van der Waals surface area contributed by atoms with Gasteiger partial charge in [-0.2, -0.15) is 0 Å². The first kappa shape index (κ1) is 16.7. The van der Waals surface area contributed by atoms with Crippen molar-refractivity contribution in [1.29, 1.82) is 0 Å². The fourth-order valence-corrected chi connectivity index (χ4v) is 2.38. The first-order valence-corrected chi connectivity index (χ1v) is 7.06. The molecule has 1 aliphatic rings. The first-order valence-electron chi connectivity index (χ1n) is 7.06. The lowest BCUT2D eigenvalue weighted by atomic mass is 9.97. The van der Waals surface area contributed by atoms with Crippen LogP contribution in [0.5, 0.6) is 5.75 Å². The zero-order chi connectivity index (χ0) is 16.3. The molecule has 0 bridgehead atoms. The number of carbonyl (C=O) groups is 1. The van der Waals surface area contributed by atoms with E-state index in [0.717, 1.165) is 5.56 Å². The Morgan fingerprint density at radius 2 is 2.00 bits per heavy atom. The molecular weight excluding hydrogens is 290 g/mol. The third-order valence-corrected chi connectivity index (χ3v) is 3.59. The number of benzene rings is 1. The predicted octanol–water partition coefficient (Wildman–Crippen LogP) is -0.682. The molecule has 0 radical (unpaired) electrons. The second kappa shape index (κ2) is 7.06. The number of carbonyl (C=O) groups excluding carboxylic acids is 1. The molecule has 4 N–H and O–H groups in total. The van der Waals surface area contributed by atoms with Crippen LogP contribution in [0.3, 0.4) is 0 Å². The molecule has 1 aliphatic heterocycles. The van der Waals surface area contributed by atoms with Gasteiger partial charge < -0.3 is 30.1 Å². The highest BCUT2D eigenvalue weighted by Crippen LogP contribution is 2.26. The number of aliphatic hydroxyl groups excluding tert-OH is 3. The summed E-state index contributed by atoms with van der Waals surface area (Å²) in [6.07, 6.45) is -4.66. The van der Waals surface area contributed by atoms with Crippen LogP contribution in [0.1, 0.15) is 12.5 Å². The van der Waals surface area contributed by atoms with Crippen molar-refractivity contribution >= 4 is 5.91 Å². The normalized spacial score (nSPS) is 31.6. The number of ether oxygens (including phenoxy) is 2. The second-order valence-electron chi connectivity index (χ2n) is 5.32. The molecule has 0 saturated carbocycles. The lowest BCUT2D eigenvalue weighted by Gasteiger charge is -2.42. The molecule has 1 aromatic carbocycles. The number of aliphatic hydroxyl groups is 3. The minimum absolute atomic E-state index is 0.388. The second-order valence-corrected chi connectivity index (χ2v) is 5.32. The van der Waals surface area contributed by atoms with Crippen molar-refractivity contribution in [3.05, 3.63) is 29.8 Å². The van der Waals surface area contributed by atoms with Crippen molar-refractivity contribution < 1.29 is 29.6 Å². The Morgan fingerprint density at radius 3 is 2.59 bits per heavy atom. The van der Waals surface area contributed by atoms with Crippen molar-refractivity contribution in [3.8, 4) is 5.75 Å². The molecule has 5 atom stereocenters. The average molecular weight is 311 g/mol. The molecule has 1 aromatic rings. The Kier molecular flexibility index (Phi) is 5.36. The number of amides is 1. The van der Waals surface area contributed by atoms with Gasteiger partial charge in [-0.25, -0.2) is 0 Å². The van der Waals surface area contributed by atoms with E-state index >= 15 is 0 Å². The van der Waals surface area contributed by atoms with Crippen LogP contribution in [0.4, 0.5) is 0 Å². The molecule has 1 heterocycles.